The van der Waals surface area contributed by atoms with E-state index in [-0.39, 0.29) is 13.5 Å². The third kappa shape index (κ3) is 7.67. The van der Waals surface area contributed by atoms with Gasteiger partial charge in [-0.3, -0.25) is 4.18 Å². The van der Waals surface area contributed by atoms with Gasteiger partial charge in [-0.05, 0) is 26.3 Å². The van der Waals surface area contributed by atoms with Crippen molar-refractivity contribution in [3.63, 3.8) is 0 Å². The van der Waals surface area contributed by atoms with Crippen LogP contribution in [-0.2, 0) is 19.0 Å². The second kappa shape index (κ2) is 6.91. The first-order valence-electron chi connectivity index (χ1n) is 7.02. The van der Waals surface area contributed by atoms with Crippen LogP contribution in [0.3, 0.4) is 0 Å². The lowest BCUT2D eigenvalue weighted by Crippen LogP contribution is -2.37. The Bertz CT molecular complexity index is 589. The molecule has 1 unspecified atom stereocenters. The molecule has 1 aromatic carbocycles. The second-order valence-corrected chi connectivity index (χ2v) is 6.89. The standard InChI is InChI=1S/C14H21NO5S/c1-14(2,3)20-13(16)15-12(10-19-21(4,17)18)11-8-6-5-7-9-11/h5-9,12H,10H2,1-4H3,(H,15,16)/i1D. The van der Waals surface area contributed by atoms with Gasteiger partial charge in [0.1, 0.15) is 5.60 Å². The van der Waals surface area contributed by atoms with Gasteiger partial charge in [0.2, 0.25) is 0 Å². The van der Waals surface area contributed by atoms with Gasteiger partial charge in [0.25, 0.3) is 10.1 Å². The number of carbonyl (C=O) groups is 1. The Morgan fingerprint density at radius 1 is 1.38 bits per heavy atom. The molecule has 6 nitrogen and oxygen atoms in total. The summed E-state index contributed by atoms with van der Waals surface area (Å²) in [6.45, 7) is 2.91. The monoisotopic (exact) mass is 316 g/mol. The number of carbonyl (C=O) groups excluding carboxylic acids is 1. The van der Waals surface area contributed by atoms with E-state index < -0.39 is 27.9 Å². The molecule has 0 aliphatic rings. The Balaban J connectivity index is 2.80. The molecule has 0 spiro atoms. The largest absolute Gasteiger partial charge is 0.444 e. The van der Waals surface area contributed by atoms with E-state index in [0.29, 0.717) is 5.56 Å². The van der Waals surface area contributed by atoms with E-state index in [9.17, 15) is 13.2 Å². The van der Waals surface area contributed by atoms with E-state index in [1.54, 1.807) is 44.2 Å². The number of amides is 1. The molecule has 0 saturated carbocycles. The fourth-order valence-electron chi connectivity index (χ4n) is 1.52. The highest BCUT2D eigenvalue weighted by Gasteiger charge is 2.21. The molecule has 1 aromatic rings. The van der Waals surface area contributed by atoms with Crippen LogP contribution in [0.5, 0.6) is 0 Å². The summed E-state index contributed by atoms with van der Waals surface area (Å²) in [5.41, 5.74) is -0.241. The van der Waals surface area contributed by atoms with E-state index in [2.05, 4.69) is 5.32 Å². The molecule has 0 aliphatic heterocycles. The zero-order chi connectivity index (χ0) is 16.8. The Morgan fingerprint density at radius 3 is 2.52 bits per heavy atom. The van der Waals surface area contributed by atoms with Crippen LogP contribution in [0.1, 0.15) is 33.7 Å². The molecule has 1 N–H and O–H groups in total. The second-order valence-electron chi connectivity index (χ2n) is 5.25. The number of hydrogen-bond donors (Lipinski definition) is 1. The molecular weight excluding hydrogens is 294 g/mol. The summed E-state index contributed by atoms with van der Waals surface area (Å²) in [5, 5.41) is 2.56. The maximum Gasteiger partial charge on any atom is 0.408 e. The summed E-state index contributed by atoms with van der Waals surface area (Å²) >= 11 is 0. The zero-order valence-corrected chi connectivity index (χ0v) is 13.1. The fraction of sp³-hybridized carbons (Fsp3) is 0.500. The van der Waals surface area contributed by atoms with Crippen molar-refractivity contribution in [2.24, 2.45) is 0 Å². The van der Waals surface area contributed by atoms with Crippen molar-refractivity contribution in [2.45, 2.75) is 32.4 Å². The van der Waals surface area contributed by atoms with Crippen LogP contribution in [-0.4, -0.2) is 33.0 Å². The number of nitrogens with one attached hydrogen (secondary N) is 1. The average molecular weight is 316 g/mol. The van der Waals surface area contributed by atoms with Gasteiger partial charge in [0.15, 0.2) is 0 Å². The van der Waals surface area contributed by atoms with Crippen LogP contribution in [0.2, 0.25) is 0 Å². The molecule has 21 heavy (non-hydrogen) atoms. The maximum absolute atomic E-state index is 11.9. The molecule has 0 heterocycles. The summed E-state index contributed by atoms with van der Waals surface area (Å²) < 4.78 is 39.5. The normalized spacial score (nSPS) is 14.1. The van der Waals surface area contributed by atoms with Crippen LogP contribution in [0.25, 0.3) is 0 Å². The highest BCUT2D eigenvalue weighted by Crippen LogP contribution is 2.15. The van der Waals surface area contributed by atoms with Gasteiger partial charge in [-0.25, -0.2) is 4.79 Å². The highest BCUT2D eigenvalue weighted by atomic mass is 32.2. The van der Waals surface area contributed by atoms with Gasteiger partial charge >= 0.3 is 6.09 Å². The van der Waals surface area contributed by atoms with Crippen molar-refractivity contribution in [2.75, 3.05) is 12.9 Å². The number of rotatable bonds is 5. The quantitative estimate of drug-likeness (QED) is 0.842. The van der Waals surface area contributed by atoms with Crippen molar-refractivity contribution < 1.29 is 23.5 Å². The smallest absolute Gasteiger partial charge is 0.408 e. The lowest BCUT2D eigenvalue weighted by atomic mass is 10.1. The van der Waals surface area contributed by atoms with Crippen molar-refractivity contribution in [3.05, 3.63) is 35.9 Å². The summed E-state index contributed by atoms with van der Waals surface area (Å²) in [4.78, 5) is 11.9. The molecule has 7 heteroatoms. The van der Waals surface area contributed by atoms with Gasteiger partial charge in [0.05, 0.1) is 18.9 Å². The van der Waals surface area contributed by atoms with Crippen LogP contribution in [0.15, 0.2) is 30.3 Å². The van der Waals surface area contributed by atoms with Gasteiger partial charge in [-0.15, -0.1) is 0 Å². The molecule has 0 saturated heterocycles. The van der Waals surface area contributed by atoms with Crippen molar-refractivity contribution in [1.82, 2.24) is 5.32 Å². The maximum atomic E-state index is 11.9. The SMILES string of the molecule is [2H]CC(C)(C)OC(=O)NC(COS(C)(=O)=O)c1ccccc1. The number of hydrogen-bond acceptors (Lipinski definition) is 5. The van der Waals surface area contributed by atoms with Gasteiger partial charge in [-0.2, -0.15) is 8.42 Å². The summed E-state index contributed by atoms with van der Waals surface area (Å²) in [6, 6.07) is 8.15. The van der Waals surface area contributed by atoms with E-state index in [4.69, 9.17) is 10.3 Å². The average Bonchev–Trinajstić information content (AvgIpc) is 2.43. The Labute approximate surface area is 127 Å². The minimum absolute atomic E-state index is 0.0870. The van der Waals surface area contributed by atoms with Gasteiger partial charge in [-0.1, -0.05) is 30.3 Å². The molecule has 1 atom stereocenters. The first-order valence-corrected chi connectivity index (χ1v) is 8.13. The van der Waals surface area contributed by atoms with Gasteiger partial charge in [0, 0.05) is 1.37 Å². The molecule has 1 rings (SSSR count). The molecule has 0 aliphatic carbocycles. The molecular formula is C14H21NO5S. The van der Waals surface area contributed by atoms with Crippen LogP contribution in [0, 0.1) is 0 Å². The summed E-state index contributed by atoms with van der Waals surface area (Å²) in [5.74, 6) is 0. The lowest BCUT2D eigenvalue weighted by Gasteiger charge is -2.23. The first-order chi connectivity index (χ1) is 10.1. The number of benzene rings is 1. The van der Waals surface area contributed by atoms with Crippen molar-refractivity contribution in [3.8, 4) is 0 Å². The van der Waals surface area contributed by atoms with E-state index in [1.807, 2.05) is 0 Å². The van der Waals surface area contributed by atoms with E-state index in [1.165, 1.54) is 0 Å². The minimum Gasteiger partial charge on any atom is -0.444 e. The van der Waals surface area contributed by atoms with E-state index >= 15 is 0 Å². The molecule has 0 radical (unpaired) electrons. The Hall–Kier alpha value is -1.60. The van der Waals surface area contributed by atoms with Crippen LogP contribution < -0.4 is 5.32 Å². The number of alkyl carbamates (subject to hydrolysis) is 1. The molecule has 118 valence electrons. The predicted octanol–water partition coefficient (Wildman–Crippen LogP) is 2.23. The first kappa shape index (κ1) is 15.8. The summed E-state index contributed by atoms with van der Waals surface area (Å²) in [7, 11) is -3.62. The van der Waals surface area contributed by atoms with E-state index in [0.717, 1.165) is 6.26 Å². The topological polar surface area (TPSA) is 81.7 Å². The van der Waals surface area contributed by atoms with Crippen LogP contribution >= 0.6 is 0 Å². The highest BCUT2D eigenvalue weighted by molar-refractivity contribution is 7.85. The zero-order valence-electron chi connectivity index (χ0n) is 13.3. The third-order valence-electron chi connectivity index (χ3n) is 2.31. The molecule has 0 aromatic heterocycles. The van der Waals surface area contributed by atoms with Gasteiger partial charge < -0.3 is 10.1 Å². The molecule has 1 amide bonds. The lowest BCUT2D eigenvalue weighted by molar-refractivity contribution is 0.0487. The van der Waals surface area contributed by atoms with Crippen molar-refractivity contribution >= 4 is 16.2 Å². The number of ether oxygens (including phenoxy) is 1. The fourth-order valence-corrected chi connectivity index (χ4v) is 1.90. The van der Waals surface area contributed by atoms with Crippen molar-refractivity contribution in [1.29, 1.82) is 0 Å². The minimum atomic E-state index is -3.62. The summed E-state index contributed by atoms with van der Waals surface area (Å²) in [6.07, 6.45) is 0.208. The predicted molar refractivity (Wildman–Crippen MR) is 79.3 cm³/mol. The third-order valence-corrected chi connectivity index (χ3v) is 2.88. The molecule has 0 bridgehead atoms. The Morgan fingerprint density at radius 2 is 2.00 bits per heavy atom. The molecule has 0 fully saturated rings. The van der Waals surface area contributed by atoms with Crippen LogP contribution in [0.4, 0.5) is 4.79 Å². The Kier molecular flexibility index (Phi) is 5.19.